The van der Waals surface area contributed by atoms with Crippen LogP contribution < -0.4 is 5.73 Å². The summed E-state index contributed by atoms with van der Waals surface area (Å²) in [6, 6.07) is 5.22. The molecule has 0 fully saturated rings. The Hall–Kier alpha value is -2.48. The number of benzene rings is 1. The van der Waals surface area contributed by atoms with Crippen LogP contribution in [-0.4, -0.2) is 58.8 Å². The summed E-state index contributed by atoms with van der Waals surface area (Å²) in [5, 5.41) is 17.7. The number of rotatable bonds is 10. The number of nitrogens with zero attached hydrogens (tertiary/aromatic N) is 1. The Morgan fingerprint density at radius 3 is 2.29 bits per heavy atom. The topological polar surface area (TPSA) is 121 Å². The molecule has 1 rings (SSSR count). The van der Waals surface area contributed by atoms with Crippen molar-refractivity contribution < 1.29 is 29.0 Å². The fourth-order valence-electron chi connectivity index (χ4n) is 2.15. The number of carboxylic acids is 2. The zero-order chi connectivity index (χ0) is 18.1. The summed E-state index contributed by atoms with van der Waals surface area (Å²) < 4.78 is 12.3. The lowest BCUT2D eigenvalue weighted by molar-refractivity contribution is -0.139. The number of amides is 1. The van der Waals surface area contributed by atoms with Gasteiger partial charge in [0.25, 0.3) is 5.91 Å². The number of hydrogen-bond donors (Lipinski definition) is 3. The van der Waals surface area contributed by atoms with Gasteiger partial charge in [-0.05, 0) is 30.5 Å². The summed E-state index contributed by atoms with van der Waals surface area (Å²) in [5.41, 5.74) is 6.42. The number of aryl methyl sites for hydroxylation is 1. The molecule has 0 saturated carbocycles. The van der Waals surface area contributed by atoms with Crippen LogP contribution in [0.2, 0.25) is 0 Å². The number of carboxylic acid groups (broad SMARTS) is 2. The van der Waals surface area contributed by atoms with E-state index in [0.29, 0.717) is 5.56 Å². The zero-order valence-corrected chi connectivity index (χ0v) is 13.2. The van der Waals surface area contributed by atoms with Crippen LogP contribution >= 0.6 is 0 Å². The highest BCUT2D eigenvalue weighted by atomic mass is 18.2. The standard InChI is InChI=1S/C16H21FN2O5/c17-8-7-11-3-5-12(6-4-11)15(22)19(10-14(20)21)9-1-2-13(18)16(23)24/h3-6,13H,1-2,7-10,18H2,(H,20,21)(H,23,24)/t13-/m0/s1/i17-1. The first-order valence-electron chi connectivity index (χ1n) is 7.49. The first kappa shape index (κ1) is 19.6. The van der Waals surface area contributed by atoms with Crippen molar-refractivity contribution in [1.82, 2.24) is 4.90 Å². The molecule has 7 nitrogen and oxygen atoms in total. The van der Waals surface area contributed by atoms with E-state index in [1.165, 1.54) is 12.1 Å². The van der Waals surface area contributed by atoms with E-state index >= 15 is 0 Å². The SMILES string of the molecule is N[C@@H](CCCN(CC(=O)O)C(=O)c1ccc(CC[18F])cc1)C(=O)O. The molecule has 0 bridgehead atoms. The molecule has 0 heterocycles. The smallest absolute Gasteiger partial charge is 0.323 e. The molecule has 1 aromatic carbocycles. The summed E-state index contributed by atoms with van der Waals surface area (Å²) in [6.45, 7) is -0.909. The third kappa shape index (κ3) is 6.33. The van der Waals surface area contributed by atoms with Gasteiger partial charge in [0.1, 0.15) is 12.6 Å². The minimum atomic E-state index is -1.17. The second kappa shape index (κ2) is 9.61. The highest BCUT2D eigenvalue weighted by molar-refractivity contribution is 5.95. The molecule has 0 aliphatic carbocycles. The maximum atomic E-state index is 12.4. The lowest BCUT2D eigenvalue weighted by Gasteiger charge is -2.21. The van der Waals surface area contributed by atoms with Gasteiger partial charge in [0, 0.05) is 18.5 Å². The Labute approximate surface area is 138 Å². The van der Waals surface area contributed by atoms with Gasteiger partial charge >= 0.3 is 11.9 Å². The van der Waals surface area contributed by atoms with E-state index in [-0.39, 0.29) is 25.8 Å². The minimum absolute atomic E-state index is 0.0817. The molecule has 0 aliphatic heterocycles. The monoisotopic (exact) mass is 339 g/mol. The van der Waals surface area contributed by atoms with Crippen LogP contribution in [0.25, 0.3) is 0 Å². The van der Waals surface area contributed by atoms with Crippen LogP contribution in [0.5, 0.6) is 0 Å². The van der Waals surface area contributed by atoms with E-state index in [2.05, 4.69) is 0 Å². The van der Waals surface area contributed by atoms with Crippen molar-refractivity contribution in [3.63, 3.8) is 0 Å². The molecule has 0 radical (unpaired) electrons. The van der Waals surface area contributed by atoms with Gasteiger partial charge in [0.05, 0.1) is 6.67 Å². The van der Waals surface area contributed by atoms with Gasteiger partial charge in [-0.3, -0.25) is 18.8 Å². The molecular formula is C16H21FN2O5. The Bertz CT molecular complexity index is 576. The molecule has 24 heavy (non-hydrogen) atoms. The van der Waals surface area contributed by atoms with E-state index in [0.717, 1.165) is 10.5 Å². The predicted octanol–water partition coefficient (Wildman–Crippen LogP) is 0.917. The molecule has 1 amide bonds. The average molecular weight is 339 g/mol. The molecule has 0 spiro atoms. The maximum absolute atomic E-state index is 12.4. The Kier molecular flexibility index (Phi) is 7.84. The molecule has 1 aromatic rings. The Morgan fingerprint density at radius 2 is 1.79 bits per heavy atom. The van der Waals surface area contributed by atoms with E-state index < -0.39 is 37.1 Å². The summed E-state index contributed by atoms with van der Waals surface area (Å²) in [6.07, 6.45) is 0.654. The Morgan fingerprint density at radius 1 is 1.17 bits per heavy atom. The highest BCUT2D eigenvalue weighted by Gasteiger charge is 2.19. The van der Waals surface area contributed by atoms with Crippen molar-refractivity contribution in [1.29, 1.82) is 0 Å². The van der Waals surface area contributed by atoms with Crippen molar-refractivity contribution in [3.8, 4) is 0 Å². The molecule has 1 atom stereocenters. The van der Waals surface area contributed by atoms with Crippen LogP contribution in [0.1, 0.15) is 28.8 Å². The summed E-state index contributed by atoms with van der Waals surface area (Å²) >= 11 is 0. The molecular weight excluding hydrogens is 318 g/mol. The molecule has 0 saturated heterocycles. The number of alkyl halides is 1. The van der Waals surface area contributed by atoms with Gasteiger partial charge in [-0.2, -0.15) is 0 Å². The molecule has 8 heteroatoms. The van der Waals surface area contributed by atoms with Crippen molar-refractivity contribution in [2.45, 2.75) is 25.3 Å². The van der Waals surface area contributed by atoms with Gasteiger partial charge in [-0.1, -0.05) is 12.1 Å². The van der Waals surface area contributed by atoms with Crippen LogP contribution in [-0.2, 0) is 16.0 Å². The molecule has 4 N–H and O–H groups in total. The van der Waals surface area contributed by atoms with Crippen LogP contribution in [0.3, 0.4) is 0 Å². The van der Waals surface area contributed by atoms with Crippen LogP contribution in [0.4, 0.5) is 4.39 Å². The van der Waals surface area contributed by atoms with Gasteiger partial charge in [0.2, 0.25) is 0 Å². The Balaban J connectivity index is 2.73. The lowest BCUT2D eigenvalue weighted by Crippen LogP contribution is -2.38. The average Bonchev–Trinajstić information content (AvgIpc) is 2.53. The highest BCUT2D eigenvalue weighted by Crippen LogP contribution is 2.10. The number of aliphatic carboxylic acids is 2. The largest absolute Gasteiger partial charge is 0.480 e. The van der Waals surface area contributed by atoms with E-state index in [1.54, 1.807) is 12.1 Å². The second-order valence-corrected chi connectivity index (χ2v) is 5.34. The number of nitrogens with two attached hydrogens (primary N) is 1. The van der Waals surface area contributed by atoms with Crippen molar-refractivity contribution in [3.05, 3.63) is 35.4 Å². The zero-order valence-electron chi connectivity index (χ0n) is 13.2. The molecule has 0 aromatic heterocycles. The minimum Gasteiger partial charge on any atom is -0.480 e. The summed E-state index contributed by atoms with van der Waals surface area (Å²) in [7, 11) is 0. The number of hydrogen-bond acceptors (Lipinski definition) is 4. The lowest BCUT2D eigenvalue weighted by atomic mass is 10.1. The van der Waals surface area contributed by atoms with Crippen molar-refractivity contribution in [2.24, 2.45) is 5.73 Å². The van der Waals surface area contributed by atoms with Gasteiger partial charge < -0.3 is 20.8 Å². The van der Waals surface area contributed by atoms with Gasteiger partial charge in [-0.15, -0.1) is 0 Å². The predicted molar refractivity (Wildman–Crippen MR) is 84.5 cm³/mol. The second-order valence-electron chi connectivity index (χ2n) is 5.34. The fourth-order valence-corrected chi connectivity index (χ4v) is 2.15. The van der Waals surface area contributed by atoms with Gasteiger partial charge in [0.15, 0.2) is 0 Å². The number of carbonyl (C=O) groups excluding carboxylic acids is 1. The van der Waals surface area contributed by atoms with Crippen LogP contribution in [0, 0.1) is 0 Å². The molecule has 0 aliphatic rings. The van der Waals surface area contributed by atoms with Gasteiger partial charge in [-0.25, -0.2) is 0 Å². The summed E-state index contributed by atoms with van der Waals surface area (Å²) in [5.74, 6) is -2.79. The van der Waals surface area contributed by atoms with E-state index in [4.69, 9.17) is 15.9 Å². The number of halogens is 1. The van der Waals surface area contributed by atoms with Crippen molar-refractivity contribution >= 4 is 17.8 Å². The fraction of sp³-hybridized carbons (Fsp3) is 0.438. The molecule has 0 unspecified atom stereocenters. The van der Waals surface area contributed by atoms with E-state index in [9.17, 15) is 18.8 Å². The quantitative estimate of drug-likeness (QED) is 0.583. The van der Waals surface area contributed by atoms with Crippen LogP contribution in [0.15, 0.2) is 24.3 Å². The third-order valence-corrected chi connectivity index (χ3v) is 3.46. The summed E-state index contributed by atoms with van der Waals surface area (Å²) in [4.78, 5) is 35.1. The first-order valence-corrected chi connectivity index (χ1v) is 7.49. The van der Waals surface area contributed by atoms with E-state index in [1.807, 2.05) is 0 Å². The normalized spacial score (nSPS) is 11.8. The molecule has 132 valence electrons. The first-order chi connectivity index (χ1) is 11.3. The third-order valence-electron chi connectivity index (χ3n) is 3.46. The number of carbonyl (C=O) groups is 3. The van der Waals surface area contributed by atoms with Crippen molar-refractivity contribution in [2.75, 3.05) is 19.8 Å². The maximum Gasteiger partial charge on any atom is 0.323 e.